The summed E-state index contributed by atoms with van der Waals surface area (Å²) >= 11 is 0. The summed E-state index contributed by atoms with van der Waals surface area (Å²) in [6.45, 7) is 1.14. The van der Waals surface area contributed by atoms with Gasteiger partial charge in [-0.1, -0.05) is 60.7 Å². The molecule has 3 N–H and O–H groups in total. The lowest BCUT2D eigenvalue weighted by molar-refractivity contribution is -0.175. The average molecular weight is 576 g/mol. The van der Waals surface area contributed by atoms with E-state index in [4.69, 9.17) is 14.6 Å². The molecule has 0 aliphatic heterocycles. The van der Waals surface area contributed by atoms with Crippen molar-refractivity contribution >= 4 is 17.9 Å². The van der Waals surface area contributed by atoms with Crippen molar-refractivity contribution in [2.45, 2.75) is 50.4 Å². The molecule has 42 heavy (non-hydrogen) atoms. The van der Waals surface area contributed by atoms with Crippen molar-refractivity contribution in [1.82, 2.24) is 4.90 Å². The van der Waals surface area contributed by atoms with Crippen molar-refractivity contribution in [2.75, 3.05) is 20.6 Å². The van der Waals surface area contributed by atoms with Crippen molar-refractivity contribution in [2.24, 2.45) is 5.92 Å². The van der Waals surface area contributed by atoms with Crippen LogP contribution in [0.3, 0.4) is 0 Å². The molecule has 0 saturated carbocycles. The first kappa shape index (κ1) is 30.7. The quantitative estimate of drug-likeness (QED) is 0.248. The number of hydrogen-bond acceptors (Lipinski definition) is 7. The van der Waals surface area contributed by atoms with Crippen LogP contribution in [0.2, 0.25) is 0 Å². The lowest BCUT2D eigenvalue weighted by Crippen LogP contribution is -2.43. The number of aliphatic carboxylic acids is 2. The fourth-order valence-electron chi connectivity index (χ4n) is 5.27. The Morgan fingerprint density at radius 2 is 1.62 bits per heavy atom. The highest BCUT2D eigenvalue weighted by molar-refractivity contribution is 5.88. The smallest absolute Gasteiger partial charge is 0.336 e. The van der Waals surface area contributed by atoms with Crippen LogP contribution < -0.4 is 4.74 Å². The number of ether oxygens (including phenoxy) is 2. The minimum Gasteiger partial charge on any atom is -0.489 e. The highest BCUT2D eigenvalue weighted by atomic mass is 16.5. The Hall–Kier alpha value is -4.21. The average Bonchev–Trinajstić information content (AvgIpc) is 2.95. The number of hydrogen-bond donors (Lipinski definition) is 3. The van der Waals surface area contributed by atoms with Crippen LogP contribution in [0.4, 0.5) is 0 Å². The summed E-state index contributed by atoms with van der Waals surface area (Å²) < 4.78 is 11.9. The Bertz CT molecular complexity index is 1390. The van der Waals surface area contributed by atoms with Gasteiger partial charge in [0, 0.05) is 5.92 Å². The lowest BCUT2D eigenvalue weighted by Gasteiger charge is -2.34. The highest BCUT2D eigenvalue weighted by Gasteiger charge is 2.43. The number of carboxylic acid groups (broad SMARTS) is 2. The molecule has 3 aromatic carbocycles. The fourth-order valence-corrected chi connectivity index (χ4v) is 5.27. The van der Waals surface area contributed by atoms with Crippen LogP contribution in [0.1, 0.15) is 48.5 Å². The number of fused-ring (bicyclic) bond motifs is 1. The number of benzene rings is 3. The molecule has 222 valence electrons. The number of carbonyl (C=O) groups is 3. The van der Waals surface area contributed by atoms with Crippen molar-refractivity contribution in [3.8, 4) is 16.9 Å². The Labute approximate surface area is 245 Å². The van der Waals surface area contributed by atoms with E-state index in [0.717, 1.165) is 53.6 Å². The molecule has 0 bridgehead atoms. The number of rotatable bonds is 13. The van der Waals surface area contributed by atoms with Crippen molar-refractivity contribution in [1.29, 1.82) is 0 Å². The summed E-state index contributed by atoms with van der Waals surface area (Å²) in [7, 11) is 3.91. The van der Waals surface area contributed by atoms with Gasteiger partial charge in [-0.3, -0.25) is 9.59 Å². The Morgan fingerprint density at radius 1 is 0.929 bits per heavy atom. The maximum Gasteiger partial charge on any atom is 0.336 e. The van der Waals surface area contributed by atoms with E-state index in [9.17, 15) is 24.6 Å². The number of nitrogens with zero attached hydrogens (tertiary/aromatic N) is 1. The van der Waals surface area contributed by atoms with Gasteiger partial charge in [-0.05, 0) is 79.9 Å². The second-order valence-electron chi connectivity index (χ2n) is 11.1. The Kier molecular flexibility index (Phi) is 9.98. The largest absolute Gasteiger partial charge is 0.489 e. The molecule has 0 spiro atoms. The molecule has 4 rings (SSSR count). The van der Waals surface area contributed by atoms with Gasteiger partial charge >= 0.3 is 17.9 Å². The summed E-state index contributed by atoms with van der Waals surface area (Å²) in [5.74, 6) is -3.63. The number of carbonyl (C=O) groups excluding carboxylic acids is 1. The molecule has 3 unspecified atom stereocenters. The van der Waals surface area contributed by atoms with Gasteiger partial charge in [0.15, 0.2) is 5.60 Å². The van der Waals surface area contributed by atoms with E-state index >= 15 is 0 Å². The lowest BCUT2D eigenvalue weighted by atomic mass is 9.79. The van der Waals surface area contributed by atoms with E-state index in [0.29, 0.717) is 12.4 Å². The van der Waals surface area contributed by atoms with Gasteiger partial charge < -0.3 is 29.7 Å². The molecular weight excluding hydrogens is 538 g/mol. The van der Waals surface area contributed by atoms with Crippen LogP contribution in [-0.2, 0) is 32.1 Å². The van der Waals surface area contributed by atoms with E-state index in [1.165, 1.54) is 0 Å². The number of carboxylic acids is 2. The molecule has 1 aliphatic rings. The van der Waals surface area contributed by atoms with E-state index in [-0.39, 0.29) is 5.92 Å². The van der Waals surface area contributed by atoms with Crippen LogP contribution in [0.25, 0.3) is 11.1 Å². The second kappa shape index (κ2) is 13.6. The molecule has 3 aromatic rings. The highest BCUT2D eigenvalue weighted by Crippen LogP contribution is 2.41. The van der Waals surface area contributed by atoms with E-state index in [2.05, 4.69) is 24.3 Å². The van der Waals surface area contributed by atoms with E-state index < -0.39 is 42.5 Å². The Morgan fingerprint density at radius 3 is 2.26 bits per heavy atom. The molecular formula is C33H37NO8. The normalized spacial score (nSPS) is 17.6. The number of esters is 1. The van der Waals surface area contributed by atoms with Crippen LogP contribution in [-0.4, -0.2) is 64.4 Å². The second-order valence-corrected chi connectivity index (χ2v) is 11.1. The summed E-state index contributed by atoms with van der Waals surface area (Å²) in [5, 5.41) is 28.8. The zero-order valence-corrected chi connectivity index (χ0v) is 23.9. The van der Waals surface area contributed by atoms with E-state index in [1.807, 2.05) is 67.5 Å². The summed E-state index contributed by atoms with van der Waals surface area (Å²) in [6, 6.07) is 24.0. The molecule has 0 heterocycles. The minimum absolute atomic E-state index is 0.0313. The molecule has 3 atom stereocenters. The fraction of sp³-hybridized carbons (Fsp3) is 0.364. The van der Waals surface area contributed by atoms with Gasteiger partial charge in [-0.15, -0.1) is 0 Å². The standard InChI is InChI=1S/C33H37NO8/c1-34(2)17-16-25-12-13-26-18-27(41-21-22-8-10-24(11-9-22)23-6-4-3-5-7-23)14-15-28(26)31(25)42-30(37)20-33(40,32(38)39)19-29(35)36/h3-11,14-15,18,25,31,40H,12-13,16-17,19-21H2,1-2H3,(H,35,36)(H,38,39). The maximum atomic E-state index is 12.9. The zero-order chi connectivity index (χ0) is 30.3. The topological polar surface area (TPSA) is 134 Å². The van der Waals surface area contributed by atoms with Crippen LogP contribution in [0.5, 0.6) is 5.75 Å². The van der Waals surface area contributed by atoms with Gasteiger partial charge in [0.05, 0.1) is 12.8 Å². The molecule has 9 heteroatoms. The molecule has 1 aliphatic carbocycles. The van der Waals surface area contributed by atoms with Gasteiger partial charge in [0.2, 0.25) is 0 Å². The third-order valence-electron chi connectivity index (χ3n) is 7.58. The first-order valence-corrected chi connectivity index (χ1v) is 14.0. The minimum atomic E-state index is -2.75. The molecule has 0 radical (unpaired) electrons. The van der Waals surface area contributed by atoms with E-state index in [1.54, 1.807) is 0 Å². The van der Waals surface area contributed by atoms with Crippen LogP contribution >= 0.6 is 0 Å². The maximum absolute atomic E-state index is 12.9. The van der Waals surface area contributed by atoms with Crippen LogP contribution in [0.15, 0.2) is 72.8 Å². The molecule has 0 aromatic heterocycles. The summed E-state index contributed by atoms with van der Waals surface area (Å²) in [5.41, 5.74) is 2.31. The molecule has 0 saturated heterocycles. The van der Waals surface area contributed by atoms with Crippen molar-refractivity contribution in [3.63, 3.8) is 0 Å². The third-order valence-corrected chi connectivity index (χ3v) is 7.58. The molecule has 9 nitrogen and oxygen atoms in total. The van der Waals surface area contributed by atoms with Gasteiger partial charge in [0.25, 0.3) is 0 Å². The third kappa shape index (κ3) is 7.96. The summed E-state index contributed by atoms with van der Waals surface area (Å²) in [4.78, 5) is 37.6. The van der Waals surface area contributed by atoms with Crippen molar-refractivity contribution < 1.29 is 39.2 Å². The van der Waals surface area contributed by atoms with Crippen LogP contribution in [0, 0.1) is 5.92 Å². The predicted octanol–water partition coefficient (Wildman–Crippen LogP) is 4.71. The first-order valence-electron chi connectivity index (χ1n) is 14.0. The Balaban J connectivity index is 1.47. The number of aliphatic hydroxyl groups is 1. The van der Waals surface area contributed by atoms with Gasteiger partial charge in [-0.25, -0.2) is 4.79 Å². The van der Waals surface area contributed by atoms with Gasteiger partial charge in [-0.2, -0.15) is 0 Å². The predicted molar refractivity (Wildman–Crippen MR) is 156 cm³/mol. The molecule has 0 amide bonds. The summed E-state index contributed by atoms with van der Waals surface area (Å²) in [6.07, 6.45) is -0.517. The van der Waals surface area contributed by atoms with Crippen molar-refractivity contribution in [3.05, 3.63) is 89.5 Å². The van der Waals surface area contributed by atoms with Gasteiger partial charge in [0.1, 0.15) is 18.5 Å². The molecule has 0 fully saturated rings. The monoisotopic (exact) mass is 575 g/mol. The zero-order valence-electron chi connectivity index (χ0n) is 23.9. The number of aryl methyl sites for hydroxylation is 1. The first-order chi connectivity index (χ1) is 20.0. The SMILES string of the molecule is CN(C)CCC1CCc2cc(OCc3ccc(-c4ccccc4)cc3)ccc2C1OC(=O)CC(O)(CC(=O)O)C(=O)O.